The van der Waals surface area contributed by atoms with Gasteiger partial charge in [-0.05, 0) is 6.42 Å². The van der Waals surface area contributed by atoms with Crippen molar-refractivity contribution < 1.29 is 39.9 Å². The van der Waals surface area contributed by atoms with E-state index in [1.165, 1.54) is 0 Å². The van der Waals surface area contributed by atoms with E-state index in [0.717, 1.165) is 0 Å². The van der Waals surface area contributed by atoms with Crippen molar-refractivity contribution in [1.29, 1.82) is 0 Å². The molecule has 0 atom stereocenters. The first-order valence-corrected chi connectivity index (χ1v) is 5.31. The highest BCUT2D eigenvalue weighted by atomic mass is 19.3. The Hall–Kier alpha value is -0.860. The summed E-state index contributed by atoms with van der Waals surface area (Å²) in [7, 11) is 0.672. The zero-order valence-electron chi connectivity index (χ0n) is 10.2. The Kier molecular flexibility index (Phi) is 3.93. The molecule has 0 saturated heterocycles. The van der Waals surface area contributed by atoms with Gasteiger partial charge in [-0.1, -0.05) is 6.08 Å². The van der Waals surface area contributed by atoms with Crippen molar-refractivity contribution in [3.05, 3.63) is 19.1 Å². The first-order valence-electron chi connectivity index (χ1n) is 5.31. The van der Waals surface area contributed by atoms with Crippen LogP contribution < -0.4 is 0 Å². The number of allylic oxidation sites excluding steroid dienone is 1. The fourth-order valence-electron chi connectivity index (χ4n) is 2.23. The molecule has 0 heterocycles. The monoisotopic (exact) mass is 311 g/mol. The van der Waals surface area contributed by atoms with Crippen LogP contribution in [0, 0.1) is 11.8 Å². The molecular formula is C11H11F8O. The second kappa shape index (κ2) is 4.57. The Balaban J connectivity index is 3.62. The summed E-state index contributed by atoms with van der Waals surface area (Å²) in [6, 6.07) is 0. The predicted molar refractivity (Wildman–Crippen MR) is 53.2 cm³/mol. The largest absolute Gasteiger partial charge is 0.384 e. The van der Waals surface area contributed by atoms with Crippen molar-refractivity contribution in [2.45, 2.75) is 30.1 Å². The highest BCUT2D eigenvalue weighted by molar-refractivity contribution is 5.26. The SMILES string of the molecule is C=CCC1(COC)C(F)(F)C(F)(F)[CH]C(F)(F)C1(F)F. The van der Waals surface area contributed by atoms with Crippen molar-refractivity contribution >= 4 is 0 Å². The Morgan fingerprint density at radius 3 is 1.65 bits per heavy atom. The van der Waals surface area contributed by atoms with Crippen LogP contribution in [0.2, 0.25) is 0 Å². The van der Waals surface area contributed by atoms with E-state index in [1.54, 1.807) is 0 Å². The van der Waals surface area contributed by atoms with Crippen molar-refractivity contribution in [1.82, 2.24) is 0 Å². The van der Waals surface area contributed by atoms with Crippen LogP contribution in [-0.2, 0) is 4.74 Å². The molecule has 1 aliphatic rings. The van der Waals surface area contributed by atoms with E-state index in [0.29, 0.717) is 13.2 Å². The molecule has 0 bridgehead atoms. The Morgan fingerprint density at radius 2 is 1.35 bits per heavy atom. The molecule has 0 amide bonds. The number of hydrogen-bond acceptors (Lipinski definition) is 1. The molecule has 0 unspecified atom stereocenters. The molecule has 20 heavy (non-hydrogen) atoms. The first kappa shape index (κ1) is 17.2. The van der Waals surface area contributed by atoms with Crippen molar-refractivity contribution in [3.63, 3.8) is 0 Å². The minimum atomic E-state index is -5.44. The van der Waals surface area contributed by atoms with Gasteiger partial charge >= 0.3 is 23.7 Å². The van der Waals surface area contributed by atoms with Crippen molar-refractivity contribution in [2.75, 3.05) is 13.7 Å². The average Bonchev–Trinajstić information content (AvgIpc) is 2.24. The lowest BCUT2D eigenvalue weighted by molar-refractivity contribution is -0.394. The van der Waals surface area contributed by atoms with Crippen LogP contribution in [0.25, 0.3) is 0 Å². The molecule has 9 heteroatoms. The second-order valence-corrected chi connectivity index (χ2v) is 4.55. The van der Waals surface area contributed by atoms with Crippen LogP contribution in [0.1, 0.15) is 6.42 Å². The molecule has 0 aromatic heterocycles. The lowest BCUT2D eigenvalue weighted by Crippen LogP contribution is -2.74. The highest BCUT2D eigenvalue weighted by Crippen LogP contribution is 2.67. The molecule has 0 aromatic carbocycles. The predicted octanol–water partition coefficient (Wildman–Crippen LogP) is 3.95. The Bertz CT molecular complexity index is 364. The van der Waals surface area contributed by atoms with Crippen molar-refractivity contribution in [2.24, 2.45) is 5.41 Å². The molecular weight excluding hydrogens is 300 g/mol. The molecule has 0 spiro atoms. The van der Waals surface area contributed by atoms with Gasteiger partial charge in [-0.3, -0.25) is 0 Å². The fraction of sp³-hybridized carbons (Fsp3) is 0.727. The third-order valence-electron chi connectivity index (χ3n) is 3.29. The van der Waals surface area contributed by atoms with Crippen LogP contribution in [0.5, 0.6) is 0 Å². The van der Waals surface area contributed by atoms with E-state index >= 15 is 0 Å². The van der Waals surface area contributed by atoms with E-state index < -0.39 is 48.6 Å². The lowest BCUT2D eigenvalue weighted by Gasteiger charge is -2.53. The Morgan fingerprint density at radius 1 is 0.950 bits per heavy atom. The van der Waals surface area contributed by atoms with Crippen LogP contribution >= 0.6 is 0 Å². The zero-order chi connectivity index (χ0) is 16.0. The average molecular weight is 311 g/mol. The van der Waals surface area contributed by atoms with Crippen LogP contribution in [0.4, 0.5) is 35.1 Å². The van der Waals surface area contributed by atoms with Gasteiger partial charge in [0.1, 0.15) is 11.8 Å². The maximum Gasteiger partial charge on any atom is 0.324 e. The lowest BCUT2D eigenvalue weighted by atomic mass is 9.63. The number of methoxy groups -OCH3 is 1. The minimum absolute atomic E-state index is 0.457. The van der Waals surface area contributed by atoms with Gasteiger partial charge in [-0.2, -0.15) is 35.1 Å². The number of rotatable bonds is 4. The maximum absolute atomic E-state index is 13.8. The number of hydrogen-bond donors (Lipinski definition) is 0. The molecule has 1 nitrogen and oxygen atoms in total. The molecule has 117 valence electrons. The maximum atomic E-state index is 13.8. The van der Waals surface area contributed by atoms with Gasteiger partial charge in [0.2, 0.25) is 0 Å². The number of halogens is 8. The highest BCUT2D eigenvalue weighted by Gasteiger charge is 2.88. The van der Waals surface area contributed by atoms with Gasteiger partial charge in [0, 0.05) is 7.11 Å². The smallest absolute Gasteiger partial charge is 0.324 e. The van der Waals surface area contributed by atoms with E-state index in [4.69, 9.17) is 0 Å². The zero-order valence-corrected chi connectivity index (χ0v) is 10.2. The summed E-state index contributed by atoms with van der Waals surface area (Å²) in [6.45, 7) is 1.20. The number of ether oxygens (including phenoxy) is 1. The van der Waals surface area contributed by atoms with Crippen LogP contribution in [0.3, 0.4) is 0 Å². The number of alkyl halides is 8. The van der Waals surface area contributed by atoms with E-state index in [1.807, 2.05) is 0 Å². The summed E-state index contributed by atoms with van der Waals surface area (Å²) in [4.78, 5) is 0. The first-order chi connectivity index (χ1) is 8.83. The topological polar surface area (TPSA) is 9.23 Å². The molecule has 1 aliphatic carbocycles. The van der Waals surface area contributed by atoms with Gasteiger partial charge in [0.25, 0.3) is 0 Å². The van der Waals surface area contributed by atoms with Gasteiger partial charge in [0.15, 0.2) is 0 Å². The summed E-state index contributed by atoms with van der Waals surface area (Å²) in [5.41, 5.74) is -4.10. The molecule has 1 saturated carbocycles. The molecule has 0 aliphatic heterocycles. The summed E-state index contributed by atoms with van der Waals surface area (Å²) < 4.78 is 112. The molecule has 0 aromatic rings. The van der Waals surface area contributed by atoms with Gasteiger partial charge in [-0.15, -0.1) is 6.58 Å². The van der Waals surface area contributed by atoms with Gasteiger partial charge in [-0.25, -0.2) is 0 Å². The van der Waals surface area contributed by atoms with Gasteiger partial charge in [0.05, 0.1) is 6.61 Å². The Labute approximate surface area is 109 Å². The van der Waals surface area contributed by atoms with Crippen LogP contribution in [0.15, 0.2) is 12.7 Å². The fourth-order valence-corrected chi connectivity index (χ4v) is 2.23. The summed E-state index contributed by atoms with van der Waals surface area (Å²) in [5, 5.41) is 0. The van der Waals surface area contributed by atoms with Crippen LogP contribution in [-0.4, -0.2) is 37.4 Å². The standard InChI is InChI=1S/C11H11F8O/c1-3-4-7(6-20-2)10(16,17)8(12,13)5-9(14,15)11(7,18)19/h3,5H,1,4,6H2,2H3. The molecule has 1 rings (SSSR count). The third-order valence-corrected chi connectivity index (χ3v) is 3.29. The quantitative estimate of drug-likeness (QED) is 0.564. The van der Waals surface area contributed by atoms with E-state index in [2.05, 4.69) is 11.3 Å². The van der Waals surface area contributed by atoms with Crippen molar-refractivity contribution in [3.8, 4) is 0 Å². The second-order valence-electron chi connectivity index (χ2n) is 4.55. The molecule has 1 fully saturated rings. The summed E-state index contributed by atoms with van der Waals surface area (Å²) in [6.07, 6.45) is -2.62. The van der Waals surface area contributed by atoms with Gasteiger partial charge < -0.3 is 4.74 Å². The molecule has 1 radical (unpaired) electrons. The summed E-state index contributed by atoms with van der Waals surface area (Å²) >= 11 is 0. The van der Waals surface area contributed by atoms with E-state index in [-0.39, 0.29) is 0 Å². The third kappa shape index (κ3) is 1.85. The molecule has 0 N–H and O–H groups in total. The normalized spacial score (nSPS) is 28.9. The summed E-state index contributed by atoms with van der Waals surface area (Å²) in [5.74, 6) is -21.7. The van der Waals surface area contributed by atoms with E-state index in [9.17, 15) is 35.1 Å². The minimum Gasteiger partial charge on any atom is -0.384 e.